The largest absolute Gasteiger partial charge is 0.488 e. The molecule has 2 saturated heterocycles. The first-order valence-electron chi connectivity index (χ1n) is 8.19. The first kappa shape index (κ1) is 16.6. The third-order valence-electron chi connectivity index (χ3n) is 4.37. The maximum atomic E-state index is 5.94. The molecule has 2 fully saturated rings. The number of aliphatic imine (C=N–C) groups is 1. The highest BCUT2D eigenvalue weighted by Crippen LogP contribution is 2.34. The van der Waals surface area contributed by atoms with Gasteiger partial charge in [-0.05, 0) is 54.2 Å². The lowest BCUT2D eigenvalue weighted by Gasteiger charge is -2.24. The third kappa shape index (κ3) is 4.18. The van der Waals surface area contributed by atoms with E-state index in [1.165, 1.54) is 6.42 Å². The lowest BCUT2D eigenvalue weighted by atomic mass is 9.96. The number of nitrogens with one attached hydrogen (secondary N) is 2. The van der Waals surface area contributed by atoms with E-state index in [1.807, 2.05) is 31.2 Å². The topological polar surface area (TPSA) is 54.9 Å². The van der Waals surface area contributed by atoms with Gasteiger partial charge in [0.1, 0.15) is 11.9 Å². The molecule has 126 valence electrons. The van der Waals surface area contributed by atoms with Crippen LogP contribution in [0.5, 0.6) is 5.75 Å². The smallest absolute Gasteiger partial charge is 0.191 e. The molecule has 2 heterocycles. The predicted molar refractivity (Wildman–Crippen MR) is 95.0 cm³/mol. The van der Waals surface area contributed by atoms with Gasteiger partial charge in [0.2, 0.25) is 0 Å². The lowest BCUT2D eigenvalue weighted by Crippen LogP contribution is -2.49. The number of rotatable bonds is 5. The molecule has 0 saturated carbocycles. The van der Waals surface area contributed by atoms with Crippen molar-refractivity contribution in [1.29, 1.82) is 0 Å². The number of hydrogen-bond donors (Lipinski definition) is 2. The van der Waals surface area contributed by atoms with Crippen molar-refractivity contribution in [2.45, 2.75) is 50.5 Å². The van der Waals surface area contributed by atoms with Crippen molar-refractivity contribution in [2.24, 2.45) is 4.99 Å². The van der Waals surface area contributed by atoms with Gasteiger partial charge in [0, 0.05) is 7.05 Å². The summed E-state index contributed by atoms with van der Waals surface area (Å²) in [7, 11) is 1.79. The minimum Gasteiger partial charge on any atom is -0.488 e. The van der Waals surface area contributed by atoms with Gasteiger partial charge in [0.15, 0.2) is 5.96 Å². The van der Waals surface area contributed by atoms with E-state index in [-0.39, 0.29) is 6.10 Å². The fraction of sp³-hybridized carbons (Fsp3) is 0.588. The second-order valence-electron chi connectivity index (χ2n) is 6.17. The van der Waals surface area contributed by atoms with E-state index < -0.39 is 0 Å². The highest BCUT2D eigenvalue weighted by atomic mass is 79.9. The molecule has 23 heavy (non-hydrogen) atoms. The van der Waals surface area contributed by atoms with E-state index in [2.05, 4.69) is 31.6 Å². The zero-order chi connectivity index (χ0) is 16.2. The maximum Gasteiger partial charge on any atom is 0.191 e. The van der Waals surface area contributed by atoms with Crippen LogP contribution in [0.2, 0.25) is 0 Å². The normalized spacial score (nSPS) is 27.8. The first-order chi connectivity index (χ1) is 11.2. The van der Waals surface area contributed by atoms with Crippen LogP contribution in [-0.2, 0) is 4.74 Å². The Morgan fingerprint density at radius 3 is 2.91 bits per heavy atom. The molecule has 5 nitrogen and oxygen atoms in total. The second kappa shape index (κ2) is 7.53. The van der Waals surface area contributed by atoms with Gasteiger partial charge < -0.3 is 20.1 Å². The van der Waals surface area contributed by atoms with Crippen molar-refractivity contribution in [3.8, 4) is 5.75 Å². The fourth-order valence-corrected chi connectivity index (χ4v) is 3.58. The molecular weight excluding hydrogens is 358 g/mol. The van der Waals surface area contributed by atoms with Crippen molar-refractivity contribution in [1.82, 2.24) is 10.6 Å². The fourth-order valence-electron chi connectivity index (χ4n) is 3.20. The lowest BCUT2D eigenvalue weighted by molar-refractivity contribution is 0.0992. The molecule has 2 bridgehead atoms. The number of guanidine groups is 1. The van der Waals surface area contributed by atoms with Gasteiger partial charge in [-0.3, -0.25) is 4.99 Å². The van der Waals surface area contributed by atoms with Crippen LogP contribution in [0.25, 0.3) is 0 Å². The molecule has 6 heteroatoms. The molecule has 0 radical (unpaired) electrons. The van der Waals surface area contributed by atoms with Crippen LogP contribution < -0.4 is 15.4 Å². The Morgan fingerprint density at radius 1 is 1.43 bits per heavy atom. The van der Waals surface area contributed by atoms with Gasteiger partial charge in [-0.15, -0.1) is 0 Å². The van der Waals surface area contributed by atoms with Crippen molar-refractivity contribution in [2.75, 3.05) is 13.6 Å². The molecule has 0 spiro atoms. The highest BCUT2D eigenvalue weighted by molar-refractivity contribution is 9.10. The average molecular weight is 382 g/mol. The van der Waals surface area contributed by atoms with E-state index in [0.29, 0.717) is 24.8 Å². The van der Waals surface area contributed by atoms with Gasteiger partial charge in [-0.25, -0.2) is 0 Å². The van der Waals surface area contributed by atoms with E-state index >= 15 is 0 Å². The van der Waals surface area contributed by atoms with Crippen molar-refractivity contribution >= 4 is 21.9 Å². The summed E-state index contributed by atoms with van der Waals surface area (Å²) in [5, 5.41) is 6.82. The quantitative estimate of drug-likeness (QED) is 0.608. The number of benzene rings is 1. The Kier molecular flexibility index (Phi) is 5.43. The average Bonchev–Trinajstić information content (AvgIpc) is 3.16. The molecule has 2 aliphatic heterocycles. The van der Waals surface area contributed by atoms with Crippen LogP contribution in [0, 0.1) is 0 Å². The summed E-state index contributed by atoms with van der Waals surface area (Å²) >= 11 is 3.50. The van der Waals surface area contributed by atoms with Crippen molar-refractivity contribution in [3.63, 3.8) is 0 Å². The summed E-state index contributed by atoms with van der Waals surface area (Å²) in [5.41, 5.74) is 0. The molecule has 2 aliphatic rings. The first-order valence-corrected chi connectivity index (χ1v) is 8.99. The standard InChI is InChI=1S/C17H24BrN3O2/c1-11(22-15-6-4-3-5-13(15)18)10-20-17(19-2)21-14-9-12-7-8-16(14)23-12/h3-6,11-12,14,16H,7-10H2,1-2H3,(H2,19,20,21). The zero-order valence-electron chi connectivity index (χ0n) is 13.6. The number of ether oxygens (including phenoxy) is 2. The van der Waals surface area contributed by atoms with Crippen LogP contribution in [0.3, 0.4) is 0 Å². The predicted octanol–water partition coefficient (Wildman–Crippen LogP) is 2.70. The molecular formula is C17H24BrN3O2. The maximum absolute atomic E-state index is 5.94. The number of para-hydroxylation sites is 1. The molecule has 4 unspecified atom stereocenters. The zero-order valence-corrected chi connectivity index (χ0v) is 15.2. The van der Waals surface area contributed by atoms with Gasteiger partial charge in [0.05, 0.1) is 29.3 Å². The van der Waals surface area contributed by atoms with Crippen LogP contribution >= 0.6 is 15.9 Å². The second-order valence-corrected chi connectivity index (χ2v) is 7.03. The Balaban J connectivity index is 1.45. The highest BCUT2D eigenvalue weighted by Gasteiger charge is 2.41. The van der Waals surface area contributed by atoms with Gasteiger partial charge in [-0.2, -0.15) is 0 Å². The molecule has 0 aliphatic carbocycles. The van der Waals surface area contributed by atoms with Crippen LogP contribution in [0.4, 0.5) is 0 Å². The van der Waals surface area contributed by atoms with Crippen LogP contribution in [0.1, 0.15) is 26.2 Å². The Hall–Kier alpha value is -1.27. The Bertz CT molecular complexity index is 567. The van der Waals surface area contributed by atoms with E-state index in [1.54, 1.807) is 7.05 Å². The number of nitrogens with zero attached hydrogens (tertiary/aromatic N) is 1. The monoisotopic (exact) mass is 381 g/mol. The summed E-state index contributed by atoms with van der Waals surface area (Å²) in [6, 6.07) is 8.25. The van der Waals surface area contributed by atoms with Gasteiger partial charge in [-0.1, -0.05) is 12.1 Å². The minimum atomic E-state index is 0.0310. The van der Waals surface area contributed by atoms with E-state index in [4.69, 9.17) is 9.47 Å². The summed E-state index contributed by atoms with van der Waals surface area (Å²) in [6.45, 7) is 2.73. The summed E-state index contributed by atoms with van der Waals surface area (Å²) in [6.07, 6.45) is 4.24. The number of hydrogen-bond acceptors (Lipinski definition) is 3. The summed E-state index contributed by atoms with van der Waals surface area (Å²) in [5.74, 6) is 1.67. The molecule has 0 aromatic heterocycles. The van der Waals surface area contributed by atoms with Gasteiger partial charge in [0.25, 0.3) is 0 Å². The molecule has 4 atom stereocenters. The van der Waals surface area contributed by atoms with Crippen LogP contribution in [0.15, 0.2) is 33.7 Å². The Morgan fingerprint density at radius 2 is 2.26 bits per heavy atom. The Labute approximate surface area is 146 Å². The SMILES string of the molecule is CN=C(NCC(C)Oc1ccccc1Br)NC1CC2CCC1O2. The van der Waals surface area contributed by atoms with E-state index in [0.717, 1.165) is 29.0 Å². The van der Waals surface area contributed by atoms with E-state index in [9.17, 15) is 0 Å². The van der Waals surface area contributed by atoms with Crippen molar-refractivity contribution < 1.29 is 9.47 Å². The molecule has 1 aromatic rings. The molecule has 3 rings (SSSR count). The molecule has 2 N–H and O–H groups in total. The van der Waals surface area contributed by atoms with Gasteiger partial charge >= 0.3 is 0 Å². The third-order valence-corrected chi connectivity index (χ3v) is 5.03. The number of halogens is 1. The summed E-state index contributed by atoms with van der Waals surface area (Å²) < 4.78 is 12.8. The van der Waals surface area contributed by atoms with Crippen molar-refractivity contribution in [3.05, 3.63) is 28.7 Å². The number of fused-ring (bicyclic) bond motifs is 2. The molecule has 1 aromatic carbocycles. The summed E-state index contributed by atoms with van der Waals surface area (Å²) in [4.78, 5) is 4.31. The van der Waals surface area contributed by atoms with Crippen LogP contribution in [-0.4, -0.2) is 43.9 Å². The minimum absolute atomic E-state index is 0.0310. The molecule has 0 amide bonds.